The molecule has 0 amide bonds. The van der Waals surface area contributed by atoms with Crippen molar-refractivity contribution in [2.24, 2.45) is 16.7 Å². The molecule has 44 heavy (non-hydrogen) atoms. The molecule has 3 rings (SSSR count). The number of ether oxygens (including phenoxy) is 1. The Hall–Kier alpha value is -2.72. The van der Waals surface area contributed by atoms with Crippen LogP contribution in [-0.4, -0.2) is 33.1 Å². The average Bonchev–Trinajstić information content (AvgIpc) is 3.49. The zero-order valence-corrected chi connectivity index (χ0v) is 29.2. The molecule has 0 bridgehead atoms. The van der Waals surface area contributed by atoms with E-state index in [4.69, 9.17) is 4.74 Å². The van der Waals surface area contributed by atoms with Crippen molar-refractivity contribution in [2.45, 2.75) is 118 Å². The van der Waals surface area contributed by atoms with Crippen molar-refractivity contribution < 1.29 is 14.9 Å². The SMILES string of the molecule is CC(C=CC=C(C)C=CC1C(C)=CC(C)(O)CC1(C)C)=CC=CC=C(C)C=CC=C(C)C=CC12OC1(C)CC(O)CC2(C)C. The Bertz CT molecular complexity index is 1360. The van der Waals surface area contributed by atoms with Gasteiger partial charge in [-0.15, -0.1) is 0 Å². The summed E-state index contributed by atoms with van der Waals surface area (Å²) in [7, 11) is 0. The highest BCUT2D eigenvalue weighted by atomic mass is 16.6. The van der Waals surface area contributed by atoms with E-state index in [9.17, 15) is 10.2 Å². The largest absolute Gasteiger partial charge is 0.393 e. The van der Waals surface area contributed by atoms with Crippen LogP contribution in [0.25, 0.3) is 0 Å². The monoisotopic (exact) mass is 598 g/mol. The summed E-state index contributed by atoms with van der Waals surface area (Å²) >= 11 is 0. The van der Waals surface area contributed by atoms with Crippen LogP contribution >= 0.6 is 0 Å². The molecule has 2 N–H and O–H groups in total. The first kappa shape index (κ1) is 35.8. The molecule has 0 aromatic rings. The minimum atomic E-state index is -0.724. The van der Waals surface area contributed by atoms with Crippen molar-refractivity contribution in [3.8, 4) is 0 Å². The molecule has 2 fully saturated rings. The van der Waals surface area contributed by atoms with Gasteiger partial charge in [0.2, 0.25) is 0 Å². The summed E-state index contributed by atoms with van der Waals surface area (Å²) in [6.45, 7) is 23.5. The zero-order chi connectivity index (χ0) is 33.0. The first-order valence-electron chi connectivity index (χ1n) is 16.2. The van der Waals surface area contributed by atoms with Gasteiger partial charge in [0, 0.05) is 17.8 Å². The van der Waals surface area contributed by atoms with Crippen molar-refractivity contribution in [3.05, 3.63) is 119 Å². The number of rotatable bonds is 10. The van der Waals surface area contributed by atoms with Crippen LogP contribution in [0.2, 0.25) is 0 Å². The molecule has 0 spiro atoms. The van der Waals surface area contributed by atoms with Crippen LogP contribution in [0.1, 0.15) is 95.4 Å². The van der Waals surface area contributed by atoms with Crippen molar-refractivity contribution in [2.75, 3.05) is 0 Å². The normalized spacial score (nSPS) is 35.0. The number of hydrogen-bond acceptors (Lipinski definition) is 3. The van der Waals surface area contributed by atoms with Gasteiger partial charge in [-0.2, -0.15) is 0 Å². The third kappa shape index (κ3) is 8.93. The van der Waals surface area contributed by atoms with Gasteiger partial charge in [-0.25, -0.2) is 0 Å². The van der Waals surface area contributed by atoms with Gasteiger partial charge in [0.15, 0.2) is 0 Å². The molecular weight excluding hydrogens is 540 g/mol. The molecule has 0 aromatic carbocycles. The topological polar surface area (TPSA) is 53.0 Å². The Balaban J connectivity index is 1.50. The van der Waals surface area contributed by atoms with Gasteiger partial charge in [-0.1, -0.05) is 141 Å². The Morgan fingerprint density at radius 2 is 1.25 bits per heavy atom. The van der Waals surface area contributed by atoms with E-state index < -0.39 is 5.60 Å². The summed E-state index contributed by atoms with van der Waals surface area (Å²) in [6.07, 6.45) is 33.8. The Kier molecular flexibility index (Phi) is 11.2. The van der Waals surface area contributed by atoms with Crippen molar-refractivity contribution in [1.29, 1.82) is 0 Å². The van der Waals surface area contributed by atoms with Gasteiger partial charge in [0.05, 0.1) is 11.7 Å². The highest BCUT2D eigenvalue weighted by Crippen LogP contribution is 2.66. The van der Waals surface area contributed by atoms with E-state index in [1.165, 1.54) is 27.9 Å². The van der Waals surface area contributed by atoms with Crippen LogP contribution in [-0.2, 0) is 4.74 Å². The number of aliphatic hydroxyl groups excluding tert-OH is 1. The minimum Gasteiger partial charge on any atom is -0.393 e. The molecule has 240 valence electrons. The fraction of sp³-hybridized carbons (Fsp3) is 0.512. The van der Waals surface area contributed by atoms with Crippen LogP contribution in [0, 0.1) is 16.7 Å². The van der Waals surface area contributed by atoms with Gasteiger partial charge in [-0.3, -0.25) is 0 Å². The lowest BCUT2D eigenvalue weighted by molar-refractivity contribution is 0.0345. The standard InChI is InChI=1S/C41H58O3/c1-30(18-14-20-32(3)22-23-36-34(5)26-39(10,43)29-37(36,6)7)16-12-13-17-31(2)19-15-21-33(4)24-25-41-38(8,9)27-35(42)28-40(41,11)44-41/h12-26,35-36,42-43H,27-29H2,1-11H3. The van der Waals surface area contributed by atoms with E-state index in [2.05, 4.69) is 154 Å². The van der Waals surface area contributed by atoms with E-state index in [0.29, 0.717) is 12.3 Å². The molecule has 3 aliphatic rings. The number of aliphatic hydroxyl groups is 2. The maximum absolute atomic E-state index is 10.5. The molecule has 1 aliphatic heterocycles. The molecule has 1 saturated carbocycles. The number of fused-ring (bicyclic) bond motifs is 1. The van der Waals surface area contributed by atoms with Crippen LogP contribution in [0.15, 0.2) is 119 Å². The lowest BCUT2D eigenvalue weighted by atomic mass is 9.63. The molecule has 1 heterocycles. The second kappa shape index (κ2) is 13.7. The predicted octanol–water partition coefficient (Wildman–Crippen LogP) is 10.0. The van der Waals surface area contributed by atoms with Crippen LogP contribution in [0.3, 0.4) is 0 Å². The first-order chi connectivity index (χ1) is 20.3. The molecule has 5 unspecified atom stereocenters. The van der Waals surface area contributed by atoms with Gasteiger partial charge in [0.1, 0.15) is 11.2 Å². The van der Waals surface area contributed by atoms with E-state index in [1.54, 1.807) is 0 Å². The van der Waals surface area contributed by atoms with Crippen molar-refractivity contribution in [1.82, 2.24) is 0 Å². The van der Waals surface area contributed by atoms with E-state index in [-0.39, 0.29) is 28.1 Å². The zero-order valence-electron chi connectivity index (χ0n) is 29.2. The fourth-order valence-electron chi connectivity index (χ4n) is 7.60. The second-order valence-electron chi connectivity index (χ2n) is 15.3. The third-order valence-corrected chi connectivity index (χ3v) is 9.59. The highest BCUT2D eigenvalue weighted by molar-refractivity contribution is 5.37. The first-order valence-corrected chi connectivity index (χ1v) is 16.2. The van der Waals surface area contributed by atoms with Gasteiger partial charge in [0.25, 0.3) is 0 Å². The third-order valence-electron chi connectivity index (χ3n) is 9.59. The maximum Gasteiger partial charge on any atom is 0.121 e. The number of hydrogen-bond donors (Lipinski definition) is 2. The van der Waals surface area contributed by atoms with E-state index in [0.717, 1.165) is 12.8 Å². The molecule has 3 nitrogen and oxygen atoms in total. The van der Waals surface area contributed by atoms with Gasteiger partial charge < -0.3 is 14.9 Å². The summed E-state index contributed by atoms with van der Waals surface area (Å²) in [6, 6.07) is 0. The molecule has 2 aliphatic carbocycles. The van der Waals surface area contributed by atoms with Crippen LogP contribution in [0.4, 0.5) is 0 Å². The summed E-state index contributed by atoms with van der Waals surface area (Å²) in [5.74, 6) is 0.324. The molecular formula is C41H58O3. The lowest BCUT2D eigenvalue weighted by Crippen LogP contribution is -2.46. The highest BCUT2D eigenvalue weighted by Gasteiger charge is 2.74. The van der Waals surface area contributed by atoms with Crippen molar-refractivity contribution in [3.63, 3.8) is 0 Å². The van der Waals surface area contributed by atoms with Gasteiger partial charge in [-0.05, 0) is 72.8 Å². The van der Waals surface area contributed by atoms with Crippen molar-refractivity contribution >= 4 is 0 Å². The number of epoxide rings is 1. The van der Waals surface area contributed by atoms with E-state index in [1.807, 2.05) is 13.0 Å². The average molecular weight is 599 g/mol. The lowest BCUT2D eigenvalue weighted by Gasteiger charge is -2.43. The molecule has 5 atom stereocenters. The second-order valence-corrected chi connectivity index (χ2v) is 15.3. The Morgan fingerprint density at radius 3 is 1.77 bits per heavy atom. The smallest absolute Gasteiger partial charge is 0.121 e. The quantitative estimate of drug-likeness (QED) is 0.149. The van der Waals surface area contributed by atoms with Crippen LogP contribution < -0.4 is 0 Å². The maximum atomic E-state index is 10.5. The molecule has 0 aromatic heterocycles. The molecule has 0 radical (unpaired) electrons. The summed E-state index contributed by atoms with van der Waals surface area (Å²) in [5.41, 5.74) is 4.60. The van der Waals surface area contributed by atoms with Gasteiger partial charge >= 0.3 is 0 Å². The summed E-state index contributed by atoms with van der Waals surface area (Å²) in [4.78, 5) is 0. The van der Waals surface area contributed by atoms with Crippen LogP contribution in [0.5, 0.6) is 0 Å². The molecule has 3 heteroatoms. The Morgan fingerprint density at radius 1 is 0.750 bits per heavy atom. The fourth-order valence-corrected chi connectivity index (χ4v) is 7.60. The summed E-state index contributed by atoms with van der Waals surface area (Å²) < 4.78 is 6.25. The van der Waals surface area contributed by atoms with E-state index >= 15 is 0 Å². The number of allylic oxidation sites excluding steroid dienone is 18. The molecule has 1 saturated heterocycles. The minimum absolute atomic E-state index is 0.0171. The Labute approximate surface area is 268 Å². The predicted molar refractivity (Wildman–Crippen MR) is 188 cm³/mol. The summed E-state index contributed by atoms with van der Waals surface area (Å²) in [5, 5.41) is 20.8.